The SMILES string of the molecule is CCCCc1nc(C)c(C(=O)NCCN(C)C2CC2)s1. The smallest absolute Gasteiger partial charge is 0.263 e. The van der Waals surface area contributed by atoms with Crippen LogP contribution < -0.4 is 5.32 Å². The molecule has 1 aliphatic rings. The predicted octanol–water partition coefficient (Wildman–Crippen LogP) is 2.62. The lowest BCUT2D eigenvalue weighted by Crippen LogP contribution is -2.33. The molecular formula is C15H25N3OS. The second-order valence-corrected chi connectivity index (χ2v) is 6.68. The van der Waals surface area contributed by atoms with Gasteiger partial charge in [0.1, 0.15) is 4.88 Å². The van der Waals surface area contributed by atoms with Crippen LogP contribution in [-0.2, 0) is 6.42 Å². The van der Waals surface area contributed by atoms with Gasteiger partial charge >= 0.3 is 0 Å². The first-order valence-electron chi connectivity index (χ1n) is 7.56. The van der Waals surface area contributed by atoms with E-state index in [9.17, 15) is 4.79 Å². The molecule has 0 atom stereocenters. The fraction of sp³-hybridized carbons (Fsp3) is 0.733. The molecule has 1 aliphatic carbocycles. The molecule has 0 bridgehead atoms. The largest absolute Gasteiger partial charge is 0.350 e. The zero-order valence-electron chi connectivity index (χ0n) is 12.7. The third-order valence-corrected chi connectivity index (χ3v) is 4.93. The standard InChI is InChI=1S/C15H25N3OS/c1-4-5-6-13-17-11(2)14(20-13)15(19)16-9-10-18(3)12-7-8-12/h12H,4-10H2,1-3H3,(H,16,19). The Bertz CT molecular complexity index is 454. The van der Waals surface area contributed by atoms with Gasteiger partial charge in [0, 0.05) is 19.1 Å². The average molecular weight is 295 g/mol. The fourth-order valence-electron chi connectivity index (χ4n) is 2.22. The van der Waals surface area contributed by atoms with E-state index in [0.717, 1.165) is 47.4 Å². The molecule has 112 valence electrons. The van der Waals surface area contributed by atoms with Gasteiger partial charge < -0.3 is 10.2 Å². The van der Waals surface area contributed by atoms with E-state index in [1.54, 1.807) is 11.3 Å². The molecule has 0 saturated heterocycles. The van der Waals surface area contributed by atoms with Crippen molar-refractivity contribution in [3.63, 3.8) is 0 Å². The lowest BCUT2D eigenvalue weighted by molar-refractivity contribution is 0.0952. The second-order valence-electron chi connectivity index (χ2n) is 5.59. The summed E-state index contributed by atoms with van der Waals surface area (Å²) in [5.41, 5.74) is 0.870. The Balaban J connectivity index is 1.80. The molecule has 4 nitrogen and oxygen atoms in total. The van der Waals surface area contributed by atoms with Gasteiger partial charge in [-0.3, -0.25) is 4.79 Å². The molecule has 1 N–H and O–H groups in total. The summed E-state index contributed by atoms with van der Waals surface area (Å²) in [6.45, 7) is 5.74. The Morgan fingerprint density at radius 1 is 1.50 bits per heavy atom. The number of nitrogens with one attached hydrogen (secondary N) is 1. The lowest BCUT2D eigenvalue weighted by Gasteiger charge is -2.15. The Morgan fingerprint density at radius 2 is 2.25 bits per heavy atom. The highest BCUT2D eigenvalue weighted by molar-refractivity contribution is 7.13. The van der Waals surface area contributed by atoms with Crippen LogP contribution in [0.2, 0.25) is 0 Å². The van der Waals surface area contributed by atoms with Gasteiger partial charge in [-0.15, -0.1) is 11.3 Å². The lowest BCUT2D eigenvalue weighted by atomic mass is 10.3. The van der Waals surface area contributed by atoms with E-state index in [1.165, 1.54) is 12.8 Å². The van der Waals surface area contributed by atoms with Crippen molar-refractivity contribution in [3.8, 4) is 0 Å². The summed E-state index contributed by atoms with van der Waals surface area (Å²) in [5.74, 6) is 0.0342. The summed E-state index contributed by atoms with van der Waals surface area (Å²) in [6.07, 6.45) is 5.89. The minimum Gasteiger partial charge on any atom is -0.350 e. The zero-order chi connectivity index (χ0) is 14.5. The third kappa shape index (κ3) is 4.28. The molecule has 2 rings (SSSR count). The minimum absolute atomic E-state index is 0.0342. The number of amides is 1. The number of carbonyl (C=O) groups is 1. The number of carbonyl (C=O) groups excluding carboxylic acids is 1. The molecule has 1 fully saturated rings. The topological polar surface area (TPSA) is 45.2 Å². The van der Waals surface area contributed by atoms with Crippen LogP contribution in [0.4, 0.5) is 0 Å². The predicted molar refractivity (Wildman–Crippen MR) is 83.4 cm³/mol. The first-order valence-corrected chi connectivity index (χ1v) is 8.38. The van der Waals surface area contributed by atoms with Crippen molar-refractivity contribution in [1.29, 1.82) is 0 Å². The maximum atomic E-state index is 12.2. The van der Waals surface area contributed by atoms with Crippen LogP contribution in [0.1, 0.15) is 53.0 Å². The first kappa shape index (κ1) is 15.4. The van der Waals surface area contributed by atoms with Crippen LogP contribution in [0, 0.1) is 6.92 Å². The van der Waals surface area contributed by atoms with Crippen LogP contribution in [0.5, 0.6) is 0 Å². The molecule has 20 heavy (non-hydrogen) atoms. The summed E-state index contributed by atoms with van der Waals surface area (Å²) < 4.78 is 0. The monoisotopic (exact) mass is 295 g/mol. The van der Waals surface area contributed by atoms with Crippen LogP contribution in [0.3, 0.4) is 0 Å². The van der Waals surface area contributed by atoms with Crippen LogP contribution in [-0.4, -0.2) is 42.0 Å². The van der Waals surface area contributed by atoms with E-state index in [0.29, 0.717) is 6.54 Å². The molecule has 1 saturated carbocycles. The summed E-state index contributed by atoms with van der Waals surface area (Å²) in [6, 6.07) is 0.748. The van der Waals surface area contributed by atoms with Gasteiger partial charge in [0.05, 0.1) is 10.7 Å². The summed E-state index contributed by atoms with van der Waals surface area (Å²) in [4.78, 5) is 19.8. The number of hydrogen-bond donors (Lipinski definition) is 1. The van der Waals surface area contributed by atoms with Gasteiger partial charge in [-0.1, -0.05) is 13.3 Å². The van der Waals surface area contributed by atoms with Gasteiger partial charge in [0.25, 0.3) is 5.91 Å². The molecular weight excluding hydrogens is 270 g/mol. The number of nitrogens with zero attached hydrogens (tertiary/aromatic N) is 2. The Morgan fingerprint density at radius 3 is 2.90 bits per heavy atom. The van der Waals surface area contributed by atoms with E-state index in [4.69, 9.17) is 0 Å². The van der Waals surface area contributed by atoms with E-state index >= 15 is 0 Å². The second kappa shape index (κ2) is 7.18. The van der Waals surface area contributed by atoms with Crippen molar-refractivity contribution in [1.82, 2.24) is 15.2 Å². The number of hydrogen-bond acceptors (Lipinski definition) is 4. The summed E-state index contributed by atoms with van der Waals surface area (Å²) in [7, 11) is 2.13. The quantitative estimate of drug-likeness (QED) is 0.802. The fourth-order valence-corrected chi connectivity index (χ4v) is 3.24. The van der Waals surface area contributed by atoms with E-state index < -0.39 is 0 Å². The van der Waals surface area contributed by atoms with Gasteiger partial charge in [-0.05, 0) is 39.7 Å². The number of rotatable bonds is 8. The zero-order valence-corrected chi connectivity index (χ0v) is 13.6. The number of likely N-dealkylation sites (N-methyl/N-ethyl adjacent to an activating group) is 1. The Kier molecular flexibility index (Phi) is 5.54. The first-order chi connectivity index (χ1) is 9.61. The van der Waals surface area contributed by atoms with Crippen molar-refractivity contribution in [2.75, 3.05) is 20.1 Å². The maximum absolute atomic E-state index is 12.2. The number of thiazole rings is 1. The van der Waals surface area contributed by atoms with Crippen molar-refractivity contribution < 1.29 is 4.79 Å². The third-order valence-electron chi connectivity index (χ3n) is 3.71. The Labute approximate surface area is 125 Å². The maximum Gasteiger partial charge on any atom is 0.263 e. The van der Waals surface area contributed by atoms with Crippen molar-refractivity contribution in [2.45, 2.75) is 52.0 Å². The van der Waals surface area contributed by atoms with Gasteiger partial charge in [0.2, 0.25) is 0 Å². The minimum atomic E-state index is 0.0342. The molecule has 0 spiro atoms. The Hall–Kier alpha value is -0.940. The van der Waals surface area contributed by atoms with Gasteiger partial charge in [-0.2, -0.15) is 0 Å². The van der Waals surface area contributed by atoms with Crippen molar-refractivity contribution >= 4 is 17.2 Å². The van der Waals surface area contributed by atoms with Crippen molar-refractivity contribution in [3.05, 3.63) is 15.6 Å². The van der Waals surface area contributed by atoms with E-state index in [2.05, 4.69) is 29.2 Å². The van der Waals surface area contributed by atoms with E-state index in [-0.39, 0.29) is 5.91 Å². The number of aromatic nitrogens is 1. The molecule has 1 aromatic heterocycles. The molecule has 0 aliphatic heterocycles. The van der Waals surface area contributed by atoms with E-state index in [1.807, 2.05) is 6.92 Å². The van der Waals surface area contributed by atoms with Crippen LogP contribution >= 0.6 is 11.3 Å². The number of aryl methyl sites for hydroxylation is 2. The molecule has 0 unspecified atom stereocenters. The van der Waals surface area contributed by atoms with Crippen LogP contribution in [0.25, 0.3) is 0 Å². The summed E-state index contributed by atoms with van der Waals surface area (Å²) in [5, 5.41) is 4.10. The highest BCUT2D eigenvalue weighted by Crippen LogP contribution is 2.24. The molecule has 5 heteroatoms. The molecule has 0 radical (unpaired) electrons. The molecule has 0 aromatic carbocycles. The molecule has 1 amide bonds. The molecule has 1 aromatic rings. The average Bonchev–Trinajstić information content (AvgIpc) is 3.20. The van der Waals surface area contributed by atoms with Gasteiger partial charge in [0.15, 0.2) is 0 Å². The highest BCUT2D eigenvalue weighted by atomic mass is 32.1. The highest BCUT2D eigenvalue weighted by Gasteiger charge is 2.25. The number of unbranched alkanes of at least 4 members (excludes halogenated alkanes) is 1. The summed E-state index contributed by atoms with van der Waals surface area (Å²) >= 11 is 1.55. The normalized spacial score (nSPS) is 14.8. The molecule has 1 heterocycles. The van der Waals surface area contributed by atoms with Crippen molar-refractivity contribution in [2.24, 2.45) is 0 Å². The van der Waals surface area contributed by atoms with Crippen LogP contribution in [0.15, 0.2) is 0 Å². The van der Waals surface area contributed by atoms with Gasteiger partial charge in [-0.25, -0.2) is 4.98 Å².